The van der Waals surface area contributed by atoms with Crippen LogP contribution in [0, 0.1) is 13.8 Å². The second-order valence-corrected chi connectivity index (χ2v) is 6.65. The Morgan fingerprint density at radius 1 is 0.889 bits per heavy atom. The number of carbonyl (C=O) groups excluding carboxylic acids is 2. The molecule has 136 valence electrons. The predicted octanol–water partition coefficient (Wildman–Crippen LogP) is 1.39. The molecule has 0 saturated carbocycles. The molecule has 1 aromatic heterocycles. The Morgan fingerprint density at radius 2 is 1.48 bits per heavy atom. The molecule has 1 aliphatic heterocycles. The largest absolute Gasteiger partial charge is 0.397 e. The average molecular weight is 363 g/mol. The van der Waals surface area contributed by atoms with Crippen LogP contribution in [0.25, 0.3) is 16.5 Å². The molecule has 2 heterocycles. The Kier molecular flexibility index (Phi) is 3.36. The summed E-state index contributed by atoms with van der Waals surface area (Å²) < 4.78 is 1.16. The molecule has 3 aromatic rings. The van der Waals surface area contributed by atoms with Gasteiger partial charge in [0.25, 0.3) is 17.4 Å². The van der Waals surface area contributed by atoms with Gasteiger partial charge in [0.2, 0.25) is 0 Å². The zero-order chi connectivity index (χ0) is 19.6. The van der Waals surface area contributed by atoms with Gasteiger partial charge in [-0.2, -0.15) is 4.68 Å². The third-order valence-corrected chi connectivity index (χ3v) is 4.97. The zero-order valence-electron chi connectivity index (χ0n) is 15.0. The van der Waals surface area contributed by atoms with Gasteiger partial charge in [-0.05, 0) is 31.5 Å². The summed E-state index contributed by atoms with van der Waals surface area (Å²) in [4.78, 5) is 39.1. The number of carbonyl (C=O) groups is 2. The number of imide groups is 1. The minimum atomic E-state index is -0.533. The maximum atomic E-state index is 13.2. The molecule has 0 aliphatic carbocycles. The van der Waals surface area contributed by atoms with Gasteiger partial charge >= 0.3 is 0 Å². The van der Waals surface area contributed by atoms with E-state index in [1.165, 1.54) is 7.05 Å². The summed E-state index contributed by atoms with van der Waals surface area (Å²) in [6.07, 6.45) is 0. The van der Waals surface area contributed by atoms with Crippen molar-refractivity contribution in [3.05, 3.63) is 56.9 Å². The van der Waals surface area contributed by atoms with Crippen molar-refractivity contribution >= 4 is 34.1 Å². The molecule has 0 bridgehead atoms. The highest BCUT2D eigenvalue weighted by molar-refractivity contribution is 6.28. The van der Waals surface area contributed by atoms with Gasteiger partial charge in [-0.1, -0.05) is 17.7 Å². The van der Waals surface area contributed by atoms with Crippen molar-refractivity contribution in [2.45, 2.75) is 13.8 Å². The van der Waals surface area contributed by atoms with Crippen LogP contribution < -0.4 is 17.0 Å². The van der Waals surface area contributed by atoms with Crippen molar-refractivity contribution in [1.82, 2.24) is 14.7 Å². The van der Waals surface area contributed by atoms with E-state index in [-0.39, 0.29) is 28.0 Å². The van der Waals surface area contributed by atoms with Crippen LogP contribution in [-0.2, 0) is 0 Å². The second-order valence-electron chi connectivity index (χ2n) is 6.65. The first kappa shape index (κ1) is 16.8. The third kappa shape index (κ3) is 2.10. The monoisotopic (exact) mass is 363 g/mol. The van der Waals surface area contributed by atoms with E-state index in [2.05, 4.69) is 5.10 Å². The van der Waals surface area contributed by atoms with Crippen LogP contribution in [-0.4, -0.2) is 33.5 Å². The molecule has 0 fully saturated rings. The van der Waals surface area contributed by atoms with E-state index in [1.54, 1.807) is 19.1 Å². The zero-order valence-corrected chi connectivity index (χ0v) is 15.0. The second kappa shape index (κ2) is 5.41. The SMILES string of the molecule is Cc1ccc(-n2nc(N)c3c(C)c4c(c(N)c3c2=O)C(=O)N(C)C4=O)cc1. The molecule has 4 rings (SSSR count). The summed E-state index contributed by atoms with van der Waals surface area (Å²) in [5.74, 6) is -0.940. The van der Waals surface area contributed by atoms with Gasteiger partial charge in [0.1, 0.15) is 0 Å². The number of nitrogen functional groups attached to an aromatic ring is 2. The summed E-state index contributed by atoms with van der Waals surface area (Å²) in [5.41, 5.74) is 14.0. The molecule has 0 spiro atoms. The molecular weight excluding hydrogens is 346 g/mol. The van der Waals surface area contributed by atoms with Crippen molar-refractivity contribution in [2.24, 2.45) is 0 Å². The van der Waals surface area contributed by atoms with Gasteiger partial charge in [0, 0.05) is 12.4 Å². The number of aryl methyl sites for hydroxylation is 2. The smallest absolute Gasteiger partial charge is 0.281 e. The van der Waals surface area contributed by atoms with E-state index in [1.807, 2.05) is 19.1 Å². The quantitative estimate of drug-likeness (QED) is 0.497. The molecule has 4 N–H and O–H groups in total. The molecule has 27 heavy (non-hydrogen) atoms. The molecular formula is C19H17N5O3. The Morgan fingerprint density at radius 3 is 2.11 bits per heavy atom. The van der Waals surface area contributed by atoms with Crippen LogP contribution in [0.3, 0.4) is 0 Å². The summed E-state index contributed by atoms with van der Waals surface area (Å²) in [6.45, 7) is 3.57. The number of benzene rings is 2. The Bertz CT molecular complexity index is 1230. The van der Waals surface area contributed by atoms with E-state index in [0.29, 0.717) is 16.6 Å². The molecule has 0 saturated heterocycles. The molecule has 2 aromatic carbocycles. The Hall–Kier alpha value is -3.68. The van der Waals surface area contributed by atoms with Crippen molar-refractivity contribution in [3.63, 3.8) is 0 Å². The van der Waals surface area contributed by atoms with Crippen LogP contribution in [0.2, 0.25) is 0 Å². The predicted molar refractivity (Wildman–Crippen MR) is 102 cm³/mol. The molecule has 0 unspecified atom stereocenters. The summed E-state index contributed by atoms with van der Waals surface area (Å²) in [6, 6.07) is 7.18. The number of nitrogens with zero attached hydrogens (tertiary/aromatic N) is 3. The number of fused-ring (bicyclic) bond motifs is 2. The minimum Gasteiger partial charge on any atom is -0.397 e. The maximum Gasteiger partial charge on any atom is 0.281 e. The molecule has 0 radical (unpaired) electrons. The van der Waals surface area contributed by atoms with Gasteiger partial charge in [-0.25, -0.2) is 0 Å². The van der Waals surface area contributed by atoms with E-state index < -0.39 is 17.4 Å². The molecule has 0 atom stereocenters. The van der Waals surface area contributed by atoms with E-state index in [9.17, 15) is 14.4 Å². The molecule has 2 amide bonds. The Balaban J connectivity index is 2.16. The normalized spacial score (nSPS) is 13.5. The first-order chi connectivity index (χ1) is 12.7. The number of hydrogen-bond acceptors (Lipinski definition) is 6. The van der Waals surface area contributed by atoms with E-state index in [0.717, 1.165) is 15.1 Å². The van der Waals surface area contributed by atoms with E-state index >= 15 is 0 Å². The van der Waals surface area contributed by atoms with Crippen molar-refractivity contribution in [1.29, 1.82) is 0 Å². The van der Waals surface area contributed by atoms with Crippen LogP contribution in [0.15, 0.2) is 29.1 Å². The lowest BCUT2D eigenvalue weighted by Gasteiger charge is -2.14. The first-order valence-electron chi connectivity index (χ1n) is 8.28. The van der Waals surface area contributed by atoms with Gasteiger partial charge in [-0.3, -0.25) is 19.3 Å². The van der Waals surface area contributed by atoms with Crippen LogP contribution >= 0.6 is 0 Å². The number of rotatable bonds is 1. The average Bonchev–Trinajstić information content (AvgIpc) is 2.86. The van der Waals surface area contributed by atoms with Crippen LogP contribution in [0.5, 0.6) is 0 Å². The van der Waals surface area contributed by atoms with Gasteiger partial charge in [-0.15, -0.1) is 5.10 Å². The highest BCUT2D eigenvalue weighted by atomic mass is 16.2. The minimum absolute atomic E-state index is 0.0469. The Labute approximate surface area is 154 Å². The van der Waals surface area contributed by atoms with Gasteiger partial charge in [0.05, 0.1) is 27.9 Å². The highest BCUT2D eigenvalue weighted by Crippen LogP contribution is 2.37. The number of nitrogens with two attached hydrogens (primary N) is 2. The molecule has 8 heteroatoms. The van der Waals surface area contributed by atoms with E-state index in [4.69, 9.17) is 11.5 Å². The maximum absolute atomic E-state index is 13.2. The van der Waals surface area contributed by atoms with Crippen LogP contribution in [0.4, 0.5) is 11.5 Å². The fourth-order valence-electron chi connectivity index (χ4n) is 3.52. The standard InChI is InChI=1S/C19H17N5O3/c1-8-4-6-10(7-5-8)24-19(27)13-11(16(21)22-24)9(2)12-14(15(13)20)18(26)23(3)17(12)25/h4-7H,20H2,1-3H3,(H2,21,22). The lowest BCUT2D eigenvalue weighted by Crippen LogP contribution is -2.25. The fraction of sp³-hybridized carbons (Fsp3) is 0.158. The first-order valence-corrected chi connectivity index (χ1v) is 8.28. The summed E-state index contributed by atoms with van der Waals surface area (Å²) >= 11 is 0. The van der Waals surface area contributed by atoms with Crippen molar-refractivity contribution in [3.8, 4) is 5.69 Å². The number of aromatic nitrogens is 2. The van der Waals surface area contributed by atoms with Crippen molar-refractivity contribution in [2.75, 3.05) is 18.5 Å². The number of amides is 2. The highest BCUT2D eigenvalue weighted by Gasteiger charge is 2.38. The van der Waals surface area contributed by atoms with Gasteiger partial charge < -0.3 is 11.5 Å². The molecule has 8 nitrogen and oxygen atoms in total. The fourth-order valence-corrected chi connectivity index (χ4v) is 3.52. The topological polar surface area (TPSA) is 124 Å². The lowest BCUT2D eigenvalue weighted by atomic mass is 9.95. The summed E-state index contributed by atoms with van der Waals surface area (Å²) in [5, 5.41) is 4.60. The van der Waals surface area contributed by atoms with Gasteiger partial charge in [0.15, 0.2) is 5.82 Å². The van der Waals surface area contributed by atoms with Crippen LogP contribution in [0.1, 0.15) is 31.8 Å². The number of hydrogen-bond donors (Lipinski definition) is 2. The molecule has 1 aliphatic rings. The third-order valence-electron chi connectivity index (χ3n) is 4.97. The lowest BCUT2D eigenvalue weighted by molar-refractivity contribution is 0.0693. The van der Waals surface area contributed by atoms with Crippen molar-refractivity contribution < 1.29 is 9.59 Å². The summed E-state index contributed by atoms with van der Waals surface area (Å²) in [7, 11) is 1.38. The number of anilines is 2.